The van der Waals surface area contributed by atoms with Gasteiger partial charge in [-0.1, -0.05) is 31.5 Å². The lowest BCUT2D eigenvalue weighted by Gasteiger charge is -2.24. The second-order valence-electron chi connectivity index (χ2n) is 5.56. The van der Waals surface area contributed by atoms with E-state index < -0.39 is 0 Å². The van der Waals surface area contributed by atoms with Crippen molar-refractivity contribution in [1.82, 2.24) is 0 Å². The van der Waals surface area contributed by atoms with Gasteiger partial charge >= 0.3 is 0 Å². The minimum Gasteiger partial charge on any atom is -0.374 e. The van der Waals surface area contributed by atoms with Gasteiger partial charge in [-0.3, -0.25) is 0 Å². The fraction of sp³-hybridized carbons (Fsp3) is 0.600. The number of rotatable bonds is 6. The maximum atomic E-state index is 6.10. The lowest BCUT2D eigenvalue weighted by Crippen LogP contribution is -2.24. The van der Waals surface area contributed by atoms with E-state index in [1.165, 1.54) is 17.7 Å². The number of hydrogen-bond acceptors (Lipinski definition) is 2. The maximum absolute atomic E-state index is 6.10. The number of anilines is 1. The molecule has 1 aromatic rings. The van der Waals surface area contributed by atoms with Crippen LogP contribution < -0.4 is 10.6 Å². The summed E-state index contributed by atoms with van der Waals surface area (Å²) in [6.07, 6.45) is 2.07. The topological polar surface area (TPSA) is 29.3 Å². The number of nitrogens with zero attached hydrogens (tertiary/aromatic N) is 1. The SMILES string of the molecule is CC(C)CCN(C)c1cc(Cl)ccc1CC(C)N. The van der Waals surface area contributed by atoms with Crippen LogP contribution >= 0.6 is 11.6 Å². The molecule has 1 unspecified atom stereocenters. The van der Waals surface area contributed by atoms with E-state index in [9.17, 15) is 0 Å². The average molecular weight is 269 g/mol. The zero-order valence-corrected chi connectivity index (χ0v) is 12.7. The first-order valence-corrected chi connectivity index (χ1v) is 7.03. The van der Waals surface area contributed by atoms with Crippen molar-refractivity contribution in [3.8, 4) is 0 Å². The minimum absolute atomic E-state index is 0.170. The van der Waals surface area contributed by atoms with Crippen molar-refractivity contribution in [3.05, 3.63) is 28.8 Å². The van der Waals surface area contributed by atoms with Gasteiger partial charge in [0.2, 0.25) is 0 Å². The minimum atomic E-state index is 0.170. The van der Waals surface area contributed by atoms with Crippen LogP contribution in [0.15, 0.2) is 18.2 Å². The third-order valence-electron chi connectivity index (χ3n) is 3.04. The van der Waals surface area contributed by atoms with E-state index in [0.29, 0.717) is 5.92 Å². The summed E-state index contributed by atoms with van der Waals surface area (Å²) in [4.78, 5) is 2.28. The van der Waals surface area contributed by atoms with Crippen molar-refractivity contribution in [1.29, 1.82) is 0 Å². The summed E-state index contributed by atoms with van der Waals surface area (Å²) < 4.78 is 0. The van der Waals surface area contributed by atoms with Crippen molar-refractivity contribution in [2.24, 2.45) is 11.7 Å². The molecular formula is C15H25ClN2. The van der Waals surface area contributed by atoms with Gasteiger partial charge in [-0.25, -0.2) is 0 Å². The monoisotopic (exact) mass is 268 g/mol. The van der Waals surface area contributed by atoms with Crippen LogP contribution in [0.1, 0.15) is 32.8 Å². The first kappa shape index (κ1) is 15.3. The largest absolute Gasteiger partial charge is 0.374 e. The molecule has 2 N–H and O–H groups in total. The third-order valence-corrected chi connectivity index (χ3v) is 3.28. The molecule has 0 radical (unpaired) electrons. The Bertz CT molecular complexity index is 375. The Kier molecular flexibility index (Phi) is 5.97. The molecule has 0 heterocycles. The molecule has 0 aliphatic rings. The number of hydrogen-bond donors (Lipinski definition) is 1. The van der Waals surface area contributed by atoms with Gasteiger partial charge in [-0.2, -0.15) is 0 Å². The van der Waals surface area contributed by atoms with Crippen LogP contribution in [0.4, 0.5) is 5.69 Å². The van der Waals surface area contributed by atoms with Crippen molar-refractivity contribution in [2.75, 3.05) is 18.5 Å². The molecular weight excluding hydrogens is 244 g/mol. The van der Waals surface area contributed by atoms with Crippen LogP contribution in [0, 0.1) is 5.92 Å². The maximum Gasteiger partial charge on any atom is 0.0426 e. The molecule has 1 rings (SSSR count). The van der Waals surface area contributed by atoms with Gasteiger partial charge in [-0.15, -0.1) is 0 Å². The van der Waals surface area contributed by atoms with Gasteiger partial charge in [0.25, 0.3) is 0 Å². The van der Waals surface area contributed by atoms with Gasteiger partial charge in [0, 0.05) is 30.3 Å². The van der Waals surface area contributed by atoms with E-state index in [4.69, 9.17) is 17.3 Å². The van der Waals surface area contributed by atoms with E-state index in [2.05, 4.69) is 31.9 Å². The predicted molar refractivity (Wildman–Crippen MR) is 81.5 cm³/mol. The van der Waals surface area contributed by atoms with Gasteiger partial charge in [-0.05, 0) is 43.4 Å². The predicted octanol–water partition coefficient (Wildman–Crippen LogP) is 3.71. The highest BCUT2D eigenvalue weighted by Crippen LogP contribution is 2.25. The molecule has 1 aromatic carbocycles. The molecule has 2 nitrogen and oxygen atoms in total. The lowest BCUT2D eigenvalue weighted by molar-refractivity contribution is 0.584. The standard InChI is InChI=1S/C15H25ClN2/c1-11(2)7-8-18(4)15-10-14(16)6-5-13(15)9-12(3)17/h5-6,10-12H,7-9,17H2,1-4H3. The Labute approximate surface area is 116 Å². The number of halogens is 1. The lowest BCUT2D eigenvalue weighted by atomic mass is 10.0. The molecule has 1 atom stereocenters. The summed E-state index contributed by atoms with van der Waals surface area (Å²) in [7, 11) is 2.12. The molecule has 0 aliphatic carbocycles. The Balaban J connectivity index is 2.86. The highest BCUT2D eigenvalue weighted by atomic mass is 35.5. The van der Waals surface area contributed by atoms with E-state index in [1.54, 1.807) is 0 Å². The summed E-state index contributed by atoms with van der Waals surface area (Å²) in [6.45, 7) is 7.57. The van der Waals surface area contributed by atoms with Crippen LogP contribution in [0.5, 0.6) is 0 Å². The fourth-order valence-corrected chi connectivity index (χ4v) is 2.15. The second kappa shape index (κ2) is 7.01. The zero-order chi connectivity index (χ0) is 13.7. The van der Waals surface area contributed by atoms with Gasteiger partial charge < -0.3 is 10.6 Å². The van der Waals surface area contributed by atoms with Crippen molar-refractivity contribution in [3.63, 3.8) is 0 Å². The quantitative estimate of drug-likeness (QED) is 0.852. The molecule has 0 saturated heterocycles. The Morgan fingerprint density at radius 2 is 1.94 bits per heavy atom. The zero-order valence-electron chi connectivity index (χ0n) is 11.9. The first-order chi connectivity index (χ1) is 8.40. The number of benzene rings is 1. The van der Waals surface area contributed by atoms with E-state index >= 15 is 0 Å². The van der Waals surface area contributed by atoms with Gasteiger partial charge in [0.1, 0.15) is 0 Å². The van der Waals surface area contributed by atoms with Crippen molar-refractivity contribution >= 4 is 17.3 Å². The average Bonchev–Trinajstić information content (AvgIpc) is 2.27. The highest BCUT2D eigenvalue weighted by Gasteiger charge is 2.10. The Morgan fingerprint density at radius 3 is 2.50 bits per heavy atom. The normalized spacial score (nSPS) is 12.8. The molecule has 0 saturated carbocycles. The van der Waals surface area contributed by atoms with Crippen LogP contribution in [0.25, 0.3) is 0 Å². The molecule has 0 aliphatic heterocycles. The van der Waals surface area contributed by atoms with Crippen LogP contribution in [-0.4, -0.2) is 19.6 Å². The van der Waals surface area contributed by atoms with Crippen molar-refractivity contribution in [2.45, 2.75) is 39.7 Å². The van der Waals surface area contributed by atoms with E-state index in [1.807, 2.05) is 19.1 Å². The summed E-state index contributed by atoms with van der Waals surface area (Å²) in [6, 6.07) is 6.24. The molecule has 0 bridgehead atoms. The summed E-state index contributed by atoms with van der Waals surface area (Å²) in [5.41, 5.74) is 8.39. The van der Waals surface area contributed by atoms with Crippen LogP contribution in [-0.2, 0) is 6.42 Å². The Hall–Kier alpha value is -0.730. The summed E-state index contributed by atoms with van der Waals surface area (Å²) in [5, 5.41) is 0.787. The van der Waals surface area contributed by atoms with Gasteiger partial charge in [0.05, 0.1) is 0 Å². The first-order valence-electron chi connectivity index (χ1n) is 6.65. The fourth-order valence-electron chi connectivity index (χ4n) is 1.98. The van der Waals surface area contributed by atoms with Crippen LogP contribution in [0.2, 0.25) is 5.02 Å². The molecule has 102 valence electrons. The molecule has 0 fully saturated rings. The highest BCUT2D eigenvalue weighted by molar-refractivity contribution is 6.30. The third kappa shape index (κ3) is 4.87. The van der Waals surface area contributed by atoms with E-state index in [0.717, 1.165) is 18.0 Å². The van der Waals surface area contributed by atoms with Crippen molar-refractivity contribution < 1.29 is 0 Å². The molecule has 18 heavy (non-hydrogen) atoms. The molecule has 0 aromatic heterocycles. The number of nitrogens with two attached hydrogens (primary N) is 1. The Morgan fingerprint density at radius 1 is 1.28 bits per heavy atom. The molecule has 0 amide bonds. The molecule has 3 heteroatoms. The summed E-state index contributed by atoms with van der Waals surface area (Å²) >= 11 is 6.10. The second-order valence-corrected chi connectivity index (χ2v) is 5.99. The summed E-state index contributed by atoms with van der Waals surface area (Å²) in [5.74, 6) is 0.712. The molecule has 0 spiro atoms. The van der Waals surface area contributed by atoms with Crippen LogP contribution in [0.3, 0.4) is 0 Å². The smallest absolute Gasteiger partial charge is 0.0426 e. The van der Waals surface area contributed by atoms with Gasteiger partial charge in [0.15, 0.2) is 0 Å². The van der Waals surface area contributed by atoms with E-state index in [-0.39, 0.29) is 6.04 Å².